The van der Waals surface area contributed by atoms with Crippen molar-refractivity contribution in [2.24, 2.45) is 0 Å². The number of ketones is 1. The van der Waals surface area contributed by atoms with E-state index in [9.17, 15) is 19.2 Å². The van der Waals surface area contributed by atoms with Crippen molar-refractivity contribution in [1.82, 2.24) is 10.6 Å². The molecule has 0 saturated carbocycles. The van der Waals surface area contributed by atoms with Crippen LogP contribution >= 0.6 is 11.8 Å². The van der Waals surface area contributed by atoms with Gasteiger partial charge in [-0.3, -0.25) is 14.4 Å². The van der Waals surface area contributed by atoms with E-state index in [1.54, 1.807) is 51.1 Å². The van der Waals surface area contributed by atoms with Crippen LogP contribution in [-0.4, -0.2) is 65.8 Å². The highest BCUT2D eigenvalue weighted by Crippen LogP contribution is 2.27. The fraction of sp³-hybridized carbons (Fsp3) is 0.545. The molecule has 1 fully saturated rings. The SMILES string of the molecule is CC(=O)OC[C@H]1O[C@@H](NC(=O)c2ccccc2)C(=O)CC1SCCNC(=O)OC(C)(C)C. The standard InChI is InChI=1S/C22H30N2O7S/c1-14(25)29-13-17-18(32-11-10-23-21(28)31-22(2,3)4)12-16(26)20(30-17)24-19(27)15-8-6-5-7-9-15/h5-9,17-18,20H,10-13H2,1-4H3,(H,23,28)(H,24,27)/t17-,18?,20-/m1/s1. The molecule has 1 aliphatic heterocycles. The smallest absolute Gasteiger partial charge is 0.407 e. The van der Waals surface area contributed by atoms with Crippen molar-refractivity contribution in [3.63, 3.8) is 0 Å². The molecule has 9 nitrogen and oxygen atoms in total. The van der Waals surface area contributed by atoms with Gasteiger partial charge < -0.3 is 24.8 Å². The molecule has 1 aromatic carbocycles. The predicted octanol–water partition coefficient (Wildman–Crippen LogP) is 2.29. The monoisotopic (exact) mass is 466 g/mol. The summed E-state index contributed by atoms with van der Waals surface area (Å²) in [5, 5.41) is 4.95. The molecule has 3 atom stereocenters. The highest BCUT2D eigenvalue weighted by molar-refractivity contribution is 8.00. The molecule has 0 bridgehead atoms. The highest BCUT2D eigenvalue weighted by atomic mass is 32.2. The quantitative estimate of drug-likeness (QED) is 0.442. The summed E-state index contributed by atoms with van der Waals surface area (Å²) in [6, 6.07) is 8.50. The molecule has 2 amide bonds. The van der Waals surface area contributed by atoms with Crippen molar-refractivity contribution >= 4 is 35.5 Å². The first-order valence-corrected chi connectivity index (χ1v) is 11.4. The van der Waals surface area contributed by atoms with Crippen LogP contribution in [0.15, 0.2) is 30.3 Å². The molecule has 10 heteroatoms. The van der Waals surface area contributed by atoms with Crippen LogP contribution in [0.5, 0.6) is 0 Å². The summed E-state index contributed by atoms with van der Waals surface area (Å²) in [6.45, 7) is 6.91. The minimum atomic E-state index is -1.12. The number of thioether (sulfide) groups is 1. The van der Waals surface area contributed by atoms with E-state index < -0.39 is 35.9 Å². The number of esters is 1. The van der Waals surface area contributed by atoms with E-state index in [0.717, 1.165) is 0 Å². The van der Waals surface area contributed by atoms with Crippen LogP contribution in [0.3, 0.4) is 0 Å². The van der Waals surface area contributed by atoms with Crippen LogP contribution in [0, 0.1) is 0 Å². The molecule has 0 aliphatic carbocycles. The lowest BCUT2D eigenvalue weighted by atomic mass is 10.1. The van der Waals surface area contributed by atoms with Gasteiger partial charge in [0.25, 0.3) is 5.91 Å². The fourth-order valence-electron chi connectivity index (χ4n) is 2.87. The second-order valence-corrected chi connectivity index (χ2v) is 9.55. The number of hydrogen-bond acceptors (Lipinski definition) is 8. The Morgan fingerprint density at radius 1 is 1.19 bits per heavy atom. The number of Topliss-reactive ketones (excluding diaryl/α,β-unsaturated/α-hetero) is 1. The minimum absolute atomic E-state index is 0.0442. The van der Waals surface area contributed by atoms with Crippen molar-refractivity contribution in [1.29, 1.82) is 0 Å². The first kappa shape index (κ1) is 25.7. The van der Waals surface area contributed by atoms with Gasteiger partial charge in [-0.1, -0.05) is 18.2 Å². The van der Waals surface area contributed by atoms with Gasteiger partial charge in [-0.05, 0) is 32.9 Å². The Balaban J connectivity index is 1.91. The van der Waals surface area contributed by atoms with E-state index in [4.69, 9.17) is 14.2 Å². The third-order valence-electron chi connectivity index (χ3n) is 4.27. The summed E-state index contributed by atoms with van der Waals surface area (Å²) in [6.07, 6.45) is -2.11. The van der Waals surface area contributed by atoms with Crippen molar-refractivity contribution in [2.75, 3.05) is 18.9 Å². The van der Waals surface area contributed by atoms with Gasteiger partial charge in [-0.15, -0.1) is 0 Å². The number of nitrogens with one attached hydrogen (secondary N) is 2. The Hall–Kier alpha value is -2.59. The predicted molar refractivity (Wildman–Crippen MR) is 119 cm³/mol. The minimum Gasteiger partial charge on any atom is -0.463 e. The Labute approximate surface area is 191 Å². The molecule has 176 valence electrons. The molecule has 0 spiro atoms. The molecule has 1 heterocycles. The first-order valence-electron chi connectivity index (χ1n) is 10.3. The van der Waals surface area contributed by atoms with Gasteiger partial charge in [0.1, 0.15) is 18.3 Å². The second kappa shape index (κ2) is 11.9. The summed E-state index contributed by atoms with van der Waals surface area (Å²) in [4.78, 5) is 48.0. The lowest BCUT2D eigenvalue weighted by Gasteiger charge is -2.35. The molecule has 1 unspecified atom stereocenters. The third-order valence-corrected chi connectivity index (χ3v) is 5.61. The lowest BCUT2D eigenvalue weighted by Crippen LogP contribution is -2.53. The van der Waals surface area contributed by atoms with Crippen molar-refractivity contribution in [3.8, 4) is 0 Å². The third kappa shape index (κ3) is 8.88. The number of benzene rings is 1. The zero-order valence-electron chi connectivity index (χ0n) is 18.7. The van der Waals surface area contributed by atoms with Crippen LogP contribution in [0.2, 0.25) is 0 Å². The molecule has 2 rings (SSSR count). The van der Waals surface area contributed by atoms with Crippen molar-refractivity contribution in [2.45, 2.75) is 57.3 Å². The van der Waals surface area contributed by atoms with Gasteiger partial charge in [0.2, 0.25) is 0 Å². The van der Waals surface area contributed by atoms with Crippen molar-refractivity contribution in [3.05, 3.63) is 35.9 Å². The van der Waals surface area contributed by atoms with E-state index in [1.807, 2.05) is 0 Å². The number of ether oxygens (including phenoxy) is 3. The van der Waals surface area contributed by atoms with Crippen LogP contribution < -0.4 is 10.6 Å². The van der Waals surface area contributed by atoms with E-state index in [2.05, 4.69) is 10.6 Å². The lowest BCUT2D eigenvalue weighted by molar-refractivity contribution is -0.156. The number of carbonyl (C=O) groups is 4. The molecular formula is C22H30N2O7S. The van der Waals surface area contributed by atoms with Crippen LogP contribution in [0.4, 0.5) is 4.79 Å². The maximum absolute atomic E-state index is 12.6. The summed E-state index contributed by atoms with van der Waals surface area (Å²) in [5.41, 5.74) is -0.181. The summed E-state index contributed by atoms with van der Waals surface area (Å²) in [5.74, 6) is -0.669. The Bertz CT molecular complexity index is 810. The van der Waals surface area contributed by atoms with Gasteiger partial charge in [-0.2, -0.15) is 11.8 Å². The van der Waals surface area contributed by atoms with E-state index in [1.165, 1.54) is 18.7 Å². The number of alkyl carbamates (subject to hydrolysis) is 1. The number of hydrogen-bond donors (Lipinski definition) is 2. The van der Waals surface area contributed by atoms with Gasteiger partial charge >= 0.3 is 12.1 Å². The highest BCUT2D eigenvalue weighted by Gasteiger charge is 2.38. The number of carbonyl (C=O) groups excluding carboxylic acids is 4. The maximum Gasteiger partial charge on any atom is 0.407 e. The topological polar surface area (TPSA) is 120 Å². The molecule has 32 heavy (non-hydrogen) atoms. The normalized spacial score (nSPS) is 20.9. The zero-order chi connectivity index (χ0) is 23.7. The van der Waals surface area contributed by atoms with E-state index in [-0.39, 0.29) is 24.1 Å². The molecule has 1 aliphatic rings. The fourth-order valence-corrected chi connectivity index (χ4v) is 4.03. The Morgan fingerprint density at radius 3 is 2.50 bits per heavy atom. The molecule has 1 saturated heterocycles. The van der Waals surface area contributed by atoms with Gasteiger partial charge in [0.05, 0.1) is 0 Å². The molecule has 2 N–H and O–H groups in total. The average molecular weight is 467 g/mol. The number of amides is 2. The Kier molecular flexibility index (Phi) is 9.52. The molecule has 1 aromatic rings. The second-order valence-electron chi connectivity index (χ2n) is 8.20. The van der Waals surface area contributed by atoms with Crippen LogP contribution in [0.1, 0.15) is 44.5 Å². The first-order chi connectivity index (χ1) is 15.0. The Morgan fingerprint density at radius 2 is 1.88 bits per heavy atom. The van der Waals surface area contributed by atoms with Gasteiger partial charge in [0, 0.05) is 36.5 Å². The molecule has 0 radical (unpaired) electrons. The number of rotatable bonds is 8. The van der Waals surface area contributed by atoms with Crippen LogP contribution in [0.25, 0.3) is 0 Å². The largest absolute Gasteiger partial charge is 0.463 e. The summed E-state index contributed by atoms with van der Waals surface area (Å²) >= 11 is 1.42. The average Bonchev–Trinajstić information content (AvgIpc) is 2.71. The molecular weight excluding hydrogens is 436 g/mol. The van der Waals surface area contributed by atoms with Crippen LogP contribution in [-0.2, 0) is 23.8 Å². The summed E-state index contributed by atoms with van der Waals surface area (Å²) in [7, 11) is 0. The van der Waals surface area contributed by atoms with Gasteiger partial charge in [-0.25, -0.2) is 4.79 Å². The zero-order valence-corrected chi connectivity index (χ0v) is 19.5. The van der Waals surface area contributed by atoms with Gasteiger partial charge in [0.15, 0.2) is 12.0 Å². The summed E-state index contributed by atoms with van der Waals surface area (Å²) < 4.78 is 16.1. The molecule has 0 aromatic heterocycles. The maximum atomic E-state index is 12.6. The van der Waals surface area contributed by atoms with E-state index in [0.29, 0.717) is 17.9 Å². The van der Waals surface area contributed by atoms with E-state index >= 15 is 0 Å². The van der Waals surface area contributed by atoms with Crippen molar-refractivity contribution < 1.29 is 33.4 Å².